The maximum atomic E-state index is 10.2. The number of hydrogen-bond donors (Lipinski definition) is 1. The summed E-state index contributed by atoms with van der Waals surface area (Å²) in [6, 6.07) is 23.5. The largest absolute Gasteiger partial charge is 0.491 e. The molecular weight excluding hydrogens is 328 g/mol. The third-order valence-corrected chi connectivity index (χ3v) is 4.02. The molecular formula is C20H18N4O2. The van der Waals surface area contributed by atoms with E-state index < -0.39 is 6.10 Å². The van der Waals surface area contributed by atoms with E-state index in [2.05, 4.69) is 21.5 Å². The Hall–Kier alpha value is -3.25. The van der Waals surface area contributed by atoms with Gasteiger partial charge >= 0.3 is 0 Å². The number of tetrazole rings is 1. The van der Waals surface area contributed by atoms with Gasteiger partial charge in [-0.25, -0.2) is 0 Å². The van der Waals surface area contributed by atoms with Crippen LogP contribution in [0.25, 0.3) is 22.2 Å². The number of aromatic nitrogens is 4. The highest BCUT2D eigenvalue weighted by molar-refractivity contribution is 5.83. The lowest BCUT2D eigenvalue weighted by atomic mass is 10.1. The Kier molecular flexibility index (Phi) is 4.57. The van der Waals surface area contributed by atoms with E-state index in [0.29, 0.717) is 5.82 Å². The van der Waals surface area contributed by atoms with Crippen LogP contribution in [0.4, 0.5) is 0 Å². The predicted octanol–water partition coefficient (Wildman–Crippen LogP) is 2.93. The summed E-state index contributed by atoms with van der Waals surface area (Å²) in [5.41, 5.74) is 0.889. The number of aliphatic hydroxyl groups excluding tert-OH is 1. The van der Waals surface area contributed by atoms with Crippen molar-refractivity contribution in [3.63, 3.8) is 0 Å². The van der Waals surface area contributed by atoms with E-state index >= 15 is 0 Å². The van der Waals surface area contributed by atoms with Crippen LogP contribution in [0.5, 0.6) is 5.75 Å². The molecule has 0 saturated carbocycles. The van der Waals surface area contributed by atoms with Crippen LogP contribution in [-0.2, 0) is 6.54 Å². The van der Waals surface area contributed by atoms with Crippen molar-refractivity contribution in [2.75, 3.05) is 6.61 Å². The van der Waals surface area contributed by atoms with Crippen LogP contribution in [0.2, 0.25) is 0 Å². The normalized spacial score (nSPS) is 12.2. The van der Waals surface area contributed by atoms with Crippen LogP contribution in [0.1, 0.15) is 0 Å². The van der Waals surface area contributed by atoms with Gasteiger partial charge in [0.2, 0.25) is 5.82 Å². The molecule has 130 valence electrons. The van der Waals surface area contributed by atoms with Gasteiger partial charge in [0.1, 0.15) is 18.5 Å². The topological polar surface area (TPSA) is 73.1 Å². The van der Waals surface area contributed by atoms with Crippen molar-refractivity contribution in [1.82, 2.24) is 20.2 Å². The zero-order valence-electron chi connectivity index (χ0n) is 14.1. The first-order valence-corrected chi connectivity index (χ1v) is 8.41. The maximum Gasteiger partial charge on any atom is 0.204 e. The lowest BCUT2D eigenvalue weighted by molar-refractivity contribution is 0.0850. The van der Waals surface area contributed by atoms with Crippen LogP contribution >= 0.6 is 0 Å². The van der Waals surface area contributed by atoms with Crippen molar-refractivity contribution in [3.8, 4) is 17.1 Å². The predicted molar refractivity (Wildman–Crippen MR) is 98.7 cm³/mol. The molecule has 3 aromatic carbocycles. The Morgan fingerprint density at radius 2 is 1.69 bits per heavy atom. The molecule has 0 spiro atoms. The monoisotopic (exact) mass is 346 g/mol. The molecule has 0 aliphatic carbocycles. The second-order valence-electron chi connectivity index (χ2n) is 6.01. The van der Waals surface area contributed by atoms with Crippen molar-refractivity contribution in [3.05, 3.63) is 72.8 Å². The highest BCUT2D eigenvalue weighted by atomic mass is 16.5. The molecule has 1 heterocycles. The van der Waals surface area contributed by atoms with E-state index in [0.717, 1.165) is 22.1 Å². The molecule has 1 N–H and O–H groups in total. The molecule has 1 aromatic heterocycles. The molecule has 0 bridgehead atoms. The number of rotatable bonds is 6. The fourth-order valence-electron chi connectivity index (χ4n) is 2.71. The molecule has 4 aromatic rings. The van der Waals surface area contributed by atoms with Gasteiger partial charge in [-0.2, -0.15) is 4.80 Å². The molecule has 4 rings (SSSR count). The summed E-state index contributed by atoms with van der Waals surface area (Å²) in [6.07, 6.45) is -0.737. The fourth-order valence-corrected chi connectivity index (χ4v) is 2.71. The van der Waals surface area contributed by atoms with Gasteiger partial charge in [-0.3, -0.25) is 0 Å². The van der Waals surface area contributed by atoms with Crippen LogP contribution in [-0.4, -0.2) is 38.0 Å². The van der Waals surface area contributed by atoms with Crippen molar-refractivity contribution >= 4 is 10.8 Å². The summed E-state index contributed by atoms with van der Waals surface area (Å²) in [6.45, 7) is 0.369. The Balaban J connectivity index is 1.36. The van der Waals surface area contributed by atoms with Gasteiger partial charge in [-0.05, 0) is 28.1 Å². The van der Waals surface area contributed by atoms with Crippen molar-refractivity contribution in [2.24, 2.45) is 0 Å². The van der Waals surface area contributed by atoms with Gasteiger partial charge < -0.3 is 9.84 Å². The third-order valence-electron chi connectivity index (χ3n) is 4.02. The van der Waals surface area contributed by atoms with Crippen molar-refractivity contribution in [2.45, 2.75) is 12.6 Å². The third kappa shape index (κ3) is 3.70. The quantitative estimate of drug-likeness (QED) is 0.581. The van der Waals surface area contributed by atoms with E-state index in [4.69, 9.17) is 4.74 Å². The number of nitrogens with zero attached hydrogens (tertiary/aromatic N) is 4. The molecule has 26 heavy (non-hydrogen) atoms. The molecule has 0 fully saturated rings. The molecule has 0 amide bonds. The SMILES string of the molecule is O[C@H](COc1ccc2ccccc2c1)Cn1nnc(-c2ccccc2)n1. The van der Waals surface area contributed by atoms with Crippen LogP contribution < -0.4 is 4.74 Å². The number of aliphatic hydroxyl groups is 1. The van der Waals surface area contributed by atoms with Gasteiger partial charge in [0.05, 0.1) is 6.54 Å². The summed E-state index contributed by atoms with van der Waals surface area (Å²) in [4.78, 5) is 1.39. The zero-order valence-corrected chi connectivity index (χ0v) is 14.1. The Morgan fingerprint density at radius 1 is 0.923 bits per heavy atom. The number of benzene rings is 3. The molecule has 0 unspecified atom stereocenters. The van der Waals surface area contributed by atoms with E-state index in [1.54, 1.807) is 0 Å². The second kappa shape index (κ2) is 7.33. The minimum Gasteiger partial charge on any atom is -0.491 e. The average Bonchev–Trinajstić information content (AvgIpc) is 3.15. The molecule has 0 saturated heterocycles. The van der Waals surface area contributed by atoms with Crippen LogP contribution in [0.15, 0.2) is 72.8 Å². The first-order valence-electron chi connectivity index (χ1n) is 8.41. The van der Waals surface area contributed by atoms with E-state index in [-0.39, 0.29) is 13.2 Å². The van der Waals surface area contributed by atoms with Gasteiger partial charge in [-0.1, -0.05) is 60.7 Å². The number of ether oxygens (including phenoxy) is 1. The minimum absolute atomic E-state index is 0.153. The summed E-state index contributed by atoms with van der Waals surface area (Å²) in [5.74, 6) is 1.26. The standard InChI is InChI=1S/C20H18N4O2/c25-18(13-24-22-20(21-23-24)16-7-2-1-3-8-16)14-26-19-11-10-15-6-4-5-9-17(15)12-19/h1-12,18,25H,13-14H2/t18-/m0/s1. The van der Waals surface area contributed by atoms with E-state index in [1.165, 1.54) is 4.80 Å². The molecule has 6 nitrogen and oxygen atoms in total. The number of fused-ring (bicyclic) bond motifs is 1. The second-order valence-corrected chi connectivity index (χ2v) is 6.01. The van der Waals surface area contributed by atoms with Gasteiger partial charge in [0.25, 0.3) is 0 Å². The van der Waals surface area contributed by atoms with Gasteiger partial charge in [0.15, 0.2) is 0 Å². The smallest absolute Gasteiger partial charge is 0.204 e. The first kappa shape index (κ1) is 16.2. The maximum absolute atomic E-state index is 10.2. The Labute approximate surface area is 150 Å². The molecule has 6 heteroatoms. The van der Waals surface area contributed by atoms with Crippen LogP contribution in [0.3, 0.4) is 0 Å². The number of hydrogen-bond acceptors (Lipinski definition) is 5. The van der Waals surface area contributed by atoms with E-state index in [1.807, 2.05) is 66.7 Å². The molecule has 0 aliphatic heterocycles. The summed E-state index contributed by atoms with van der Waals surface area (Å²) in [5, 5.41) is 24.8. The molecule has 0 aliphatic rings. The fraction of sp³-hybridized carbons (Fsp3) is 0.150. The van der Waals surface area contributed by atoms with Gasteiger partial charge in [-0.15, -0.1) is 10.2 Å². The van der Waals surface area contributed by atoms with Crippen molar-refractivity contribution in [1.29, 1.82) is 0 Å². The Morgan fingerprint density at radius 3 is 2.54 bits per heavy atom. The zero-order chi connectivity index (χ0) is 17.8. The highest BCUT2D eigenvalue weighted by Crippen LogP contribution is 2.20. The summed E-state index contributed by atoms with van der Waals surface area (Å²) in [7, 11) is 0. The van der Waals surface area contributed by atoms with Crippen molar-refractivity contribution < 1.29 is 9.84 Å². The summed E-state index contributed by atoms with van der Waals surface area (Å²) < 4.78 is 5.70. The first-order chi connectivity index (χ1) is 12.8. The highest BCUT2D eigenvalue weighted by Gasteiger charge is 2.11. The molecule has 0 radical (unpaired) electrons. The van der Waals surface area contributed by atoms with Crippen LogP contribution in [0, 0.1) is 0 Å². The lowest BCUT2D eigenvalue weighted by Gasteiger charge is -2.12. The average molecular weight is 346 g/mol. The van der Waals surface area contributed by atoms with E-state index in [9.17, 15) is 5.11 Å². The summed E-state index contributed by atoms with van der Waals surface area (Å²) >= 11 is 0. The molecule has 1 atom stereocenters. The van der Waals surface area contributed by atoms with Gasteiger partial charge in [0, 0.05) is 5.56 Å². The Bertz CT molecular complexity index is 1000. The minimum atomic E-state index is -0.737. The lowest BCUT2D eigenvalue weighted by Crippen LogP contribution is -2.24.